The second-order valence-corrected chi connectivity index (χ2v) is 15.9. The highest BCUT2D eigenvalue weighted by Gasteiger charge is 2.21. The highest BCUT2D eigenvalue weighted by molar-refractivity contribution is 6.24. The van der Waals surface area contributed by atoms with Crippen molar-refractivity contribution >= 4 is 54.3 Å². The van der Waals surface area contributed by atoms with Gasteiger partial charge in [-0.3, -0.25) is 4.98 Å². The quantitative estimate of drug-likeness (QED) is 0.154. The minimum absolute atomic E-state index is 1.01. The number of rotatable bonds is 6. The maximum atomic E-state index is 4.91. The van der Waals surface area contributed by atoms with E-state index < -0.39 is 0 Å². The van der Waals surface area contributed by atoms with Gasteiger partial charge in [-0.2, -0.15) is 0 Å². The van der Waals surface area contributed by atoms with Gasteiger partial charge in [0.2, 0.25) is 0 Å². The lowest BCUT2D eigenvalue weighted by atomic mass is 9.83. The lowest BCUT2D eigenvalue weighted by Crippen LogP contribution is -1.94. The van der Waals surface area contributed by atoms with Gasteiger partial charge >= 0.3 is 0 Å². The summed E-state index contributed by atoms with van der Waals surface area (Å²) in [7, 11) is 0. The van der Waals surface area contributed by atoms with Crippen LogP contribution in [0.5, 0.6) is 0 Å². The van der Waals surface area contributed by atoms with E-state index >= 15 is 0 Å². The van der Waals surface area contributed by atoms with Crippen LogP contribution in [0.15, 0.2) is 231 Å². The van der Waals surface area contributed by atoms with E-state index in [1.165, 1.54) is 88.0 Å². The minimum Gasteiger partial charge on any atom is -0.308 e. The predicted molar refractivity (Wildman–Crippen MR) is 258 cm³/mol. The summed E-state index contributed by atoms with van der Waals surface area (Å²) in [6.07, 6.45) is 1.90. The van der Waals surface area contributed by atoms with Crippen molar-refractivity contribution < 1.29 is 0 Å². The Balaban J connectivity index is 1.08. The van der Waals surface area contributed by atoms with Gasteiger partial charge in [0.1, 0.15) is 0 Å². The van der Waals surface area contributed by atoms with Crippen LogP contribution in [-0.2, 0) is 0 Å². The van der Waals surface area contributed by atoms with Gasteiger partial charge < -0.3 is 4.57 Å². The normalized spacial score (nSPS) is 11.6. The van der Waals surface area contributed by atoms with Crippen molar-refractivity contribution in [3.63, 3.8) is 0 Å². The van der Waals surface area contributed by atoms with Crippen molar-refractivity contribution in [3.8, 4) is 61.3 Å². The molecule has 0 aliphatic carbocycles. The first-order valence-corrected chi connectivity index (χ1v) is 21.0. The number of para-hydroxylation sites is 1. The Morgan fingerprint density at radius 1 is 0.279 bits per heavy atom. The van der Waals surface area contributed by atoms with Crippen molar-refractivity contribution in [3.05, 3.63) is 231 Å². The topological polar surface area (TPSA) is 17.8 Å². The molecule has 0 fully saturated rings. The molecular weight excluding hydrogens is 737 g/mol. The second-order valence-electron chi connectivity index (χ2n) is 15.9. The molecule has 0 aliphatic heterocycles. The molecule has 0 radical (unpaired) electrons. The summed E-state index contributed by atoms with van der Waals surface area (Å²) < 4.78 is 2.32. The molecule has 2 heteroatoms. The van der Waals surface area contributed by atoms with Gasteiger partial charge in [-0.05, 0) is 143 Å². The zero-order valence-electron chi connectivity index (χ0n) is 33.3. The molecule has 0 spiro atoms. The SMILES string of the molecule is c1ccc(-c2cc(-c3ccccc3)cc(-c3c4ccccc4c(-c4ccc(-c5ccc6c(c5)c5ncccc5n6-c5ccccc5)c5ccccc45)c4ccccc34)c2)cc1. The van der Waals surface area contributed by atoms with Gasteiger partial charge in [0.05, 0.1) is 16.6 Å². The van der Waals surface area contributed by atoms with Crippen LogP contribution in [0.1, 0.15) is 0 Å². The lowest BCUT2D eigenvalue weighted by molar-refractivity contribution is 1.18. The van der Waals surface area contributed by atoms with Gasteiger partial charge in [-0.1, -0.05) is 170 Å². The smallest absolute Gasteiger partial charge is 0.0963 e. The molecule has 0 aliphatic rings. The highest BCUT2D eigenvalue weighted by atomic mass is 15.0. The fourth-order valence-corrected chi connectivity index (χ4v) is 9.72. The van der Waals surface area contributed by atoms with Crippen LogP contribution in [0.25, 0.3) is 116 Å². The van der Waals surface area contributed by atoms with Crippen LogP contribution in [-0.4, -0.2) is 9.55 Å². The van der Waals surface area contributed by atoms with Gasteiger partial charge in [0, 0.05) is 17.3 Å². The number of hydrogen-bond acceptors (Lipinski definition) is 1. The average Bonchev–Trinajstić information content (AvgIpc) is 3.67. The molecule has 2 heterocycles. The third-order valence-electron chi connectivity index (χ3n) is 12.4. The molecule has 0 saturated heterocycles. The average molecular weight is 775 g/mol. The number of benzene rings is 10. The number of pyridine rings is 1. The Kier molecular flexibility index (Phi) is 8.21. The first-order chi connectivity index (χ1) is 30.3. The summed E-state index contributed by atoms with van der Waals surface area (Å²) in [6.45, 7) is 0. The Morgan fingerprint density at radius 2 is 0.770 bits per heavy atom. The van der Waals surface area contributed by atoms with E-state index in [4.69, 9.17) is 4.98 Å². The van der Waals surface area contributed by atoms with Crippen LogP contribution in [0.3, 0.4) is 0 Å². The summed E-state index contributed by atoms with van der Waals surface area (Å²) >= 11 is 0. The number of hydrogen-bond donors (Lipinski definition) is 0. The van der Waals surface area contributed by atoms with Crippen molar-refractivity contribution in [2.75, 3.05) is 0 Å². The van der Waals surface area contributed by atoms with Crippen molar-refractivity contribution in [2.24, 2.45) is 0 Å². The first-order valence-electron chi connectivity index (χ1n) is 21.0. The summed E-state index contributed by atoms with van der Waals surface area (Å²) in [4.78, 5) is 4.91. The van der Waals surface area contributed by atoms with Gasteiger partial charge in [0.25, 0.3) is 0 Å². The van der Waals surface area contributed by atoms with Gasteiger partial charge in [-0.15, -0.1) is 0 Å². The zero-order chi connectivity index (χ0) is 40.3. The molecule has 2 aromatic heterocycles. The Hall–Kier alpha value is -8.07. The van der Waals surface area contributed by atoms with E-state index in [1.807, 2.05) is 12.3 Å². The van der Waals surface area contributed by atoms with Crippen LogP contribution >= 0.6 is 0 Å². The molecule has 10 aromatic carbocycles. The van der Waals surface area contributed by atoms with Crippen molar-refractivity contribution in [1.82, 2.24) is 9.55 Å². The molecule has 2 nitrogen and oxygen atoms in total. The van der Waals surface area contributed by atoms with Crippen LogP contribution in [0.4, 0.5) is 0 Å². The van der Waals surface area contributed by atoms with Crippen molar-refractivity contribution in [1.29, 1.82) is 0 Å². The molecule has 12 rings (SSSR count). The second kappa shape index (κ2) is 14.3. The van der Waals surface area contributed by atoms with E-state index in [1.54, 1.807) is 0 Å². The summed E-state index contributed by atoms with van der Waals surface area (Å²) in [5, 5.41) is 8.54. The lowest BCUT2D eigenvalue weighted by Gasteiger charge is -2.20. The zero-order valence-corrected chi connectivity index (χ0v) is 33.3. The maximum Gasteiger partial charge on any atom is 0.0963 e. The van der Waals surface area contributed by atoms with Crippen molar-refractivity contribution in [2.45, 2.75) is 0 Å². The molecule has 284 valence electrons. The molecule has 0 saturated carbocycles. The Bertz CT molecular complexity index is 3510. The summed E-state index contributed by atoms with van der Waals surface area (Å²) in [6, 6.07) is 81.8. The van der Waals surface area contributed by atoms with Crippen LogP contribution in [0.2, 0.25) is 0 Å². The molecule has 0 atom stereocenters. The maximum absolute atomic E-state index is 4.91. The monoisotopic (exact) mass is 774 g/mol. The van der Waals surface area contributed by atoms with Gasteiger partial charge in [0.15, 0.2) is 0 Å². The third kappa shape index (κ3) is 5.76. The minimum atomic E-state index is 1.01. The highest BCUT2D eigenvalue weighted by Crippen LogP contribution is 2.48. The van der Waals surface area contributed by atoms with Gasteiger partial charge in [-0.25, -0.2) is 0 Å². The molecule has 61 heavy (non-hydrogen) atoms. The largest absolute Gasteiger partial charge is 0.308 e. The molecular formula is C59H38N2. The fourth-order valence-electron chi connectivity index (χ4n) is 9.72. The van der Waals surface area contributed by atoms with Crippen LogP contribution < -0.4 is 0 Å². The summed E-state index contributed by atoms with van der Waals surface area (Å²) in [5.74, 6) is 0. The number of nitrogens with zero attached hydrogens (tertiary/aromatic N) is 2. The Labute approximate surface area is 354 Å². The molecule has 0 bridgehead atoms. The molecule has 0 unspecified atom stereocenters. The van der Waals surface area contributed by atoms with E-state index in [0.29, 0.717) is 0 Å². The standard InChI is InChI=1S/C59H38N2/c1-4-17-39(18-5-1)42-35-43(40-19-6-2-7-20-40)37-44(36-42)57-49-25-12-14-27-51(49)58(52-28-15-13-26-50(52)57)53-32-31-46(47-23-10-11-24-48(47)53)41-30-33-55-54(38-41)59-56(29-16-34-60-59)61(55)45-21-8-3-9-22-45/h1-38H. The predicted octanol–water partition coefficient (Wildman–Crippen LogP) is 16.0. The fraction of sp³-hybridized carbons (Fsp3) is 0. The van der Waals surface area contributed by atoms with E-state index in [9.17, 15) is 0 Å². The Morgan fingerprint density at radius 3 is 1.38 bits per heavy atom. The third-order valence-corrected chi connectivity index (χ3v) is 12.4. The molecule has 0 amide bonds. The van der Waals surface area contributed by atoms with E-state index in [-0.39, 0.29) is 0 Å². The van der Waals surface area contributed by atoms with Crippen LogP contribution in [0, 0.1) is 0 Å². The van der Waals surface area contributed by atoms with E-state index in [0.717, 1.165) is 27.6 Å². The van der Waals surface area contributed by atoms with E-state index in [2.05, 4.69) is 223 Å². The number of fused-ring (bicyclic) bond motifs is 6. The summed E-state index contributed by atoms with van der Waals surface area (Å²) in [5.41, 5.74) is 16.5. The number of aromatic nitrogens is 2. The molecule has 12 aromatic rings. The molecule has 0 N–H and O–H groups in total. The first kappa shape index (κ1) is 34.9.